The SMILES string of the molecule is CC(C)CC(=O)[CH-]C(=O)C(C)(C)C.CC(C)CC(=O)[CH-]C(=O)C(C)(C)C.[Cu+2]. The summed E-state index contributed by atoms with van der Waals surface area (Å²) >= 11 is 0. The predicted octanol–water partition coefficient (Wildman–Crippen LogP) is 4.84. The topological polar surface area (TPSA) is 68.3 Å². The van der Waals surface area contributed by atoms with Gasteiger partial charge in [0, 0.05) is 23.1 Å². The van der Waals surface area contributed by atoms with Crippen molar-refractivity contribution < 1.29 is 36.2 Å². The second-order valence-electron chi connectivity index (χ2n) is 9.65. The maximum atomic E-state index is 11.4. The monoisotopic (exact) mass is 429 g/mol. The molecule has 0 aliphatic carbocycles. The average Bonchev–Trinajstić information content (AvgIpc) is 2.34. The zero-order chi connectivity index (χ0) is 21.3. The Morgan fingerprint density at radius 2 is 0.852 bits per heavy atom. The summed E-state index contributed by atoms with van der Waals surface area (Å²) in [7, 11) is 0. The number of hydrogen-bond acceptors (Lipinski definition) is 4. The van der Waals surface area contributed by atoms with E-state index in [0.717, 1.165) is 0 Å². The van der Waals surface area contributed by atoms with Crippen LogP contribution >= 0.6 is 0 Å². The van der Waals surface area contributed by atoms with Gasteiger partial charge in [-0.05, 0) is 35.5 Å². The summed E-state index contributed by atoms with van der Waals surface area (Å²) in [5, 5.41) is 0. The standard InChI is InChI=1S/2C11H19O2.Cu/c2*1-8(2)6-9(12)7-10(13)11(3,4)5;/h2*7-8H,6H2,1-5H3;/q2*-1;+2. The van der Waals surface area contributed by atoms with Crippen LogP contribution in [-0.4, -0.2) is 23.1 Å². The van der Waals surface area contributed by atoms with E-state index < -0.39 is 10.8 Å². The molecule has 0 amide bonds. The second-order valence-corrected chi connectivity index (χ2v) is 9.65. The molecule has 0 rings (SSSR count). The molecule has 0 unspecified atom stereocenters. The van der Waals surface area contributed by atoms with E-state index in [9.17, 15) is 19.2 Å². The first kappa shape index (κ1) is 30.7. The van der Waals surface area contributed by atoms with E-state index in [1.54, 1.807) is 0 Å². The molecule has 27 heavy (non-hydrogen) atoms. The Morgan fingerprint density at radius 1 is 0.630 bits per heavy atom. The Labute approximate surface area is 177 Å². The zero-order valence-corrected chi connectivity index (χ0v) is 19.6. The molecule has 161 valence electrons. The van der Waals surface area contributed by atoms with Gasteiger partial charge in [0.25, 0.3) is 0 Å². The summed E-state index contributed by atoms with van der Waals surface area (Å²) in [5.41, 5.74) is -0.876. The van der Waals surface area contributed by atoms with E-state index in [1.165, 1.54) is 12.8 Å². The fourth-order valence-electron chi connectivity index (χ4n) is 1.65. The Hall–Kier alpha value is -1.06. The fraction of sp³-hybridized carbons (Fsp3) is 0.727. The number of carbonyl (C=O) groups is 4. The maximum Gasteiger partial charge on any atom is 2.00 e. The molecular weight excluding hydrogens is 392 g/mol. The van der Waals surface area contributed by atoms with Crippen LogP contribution in [0.2, 0.25) is 0 Å². The molecule has 0 bridgehead atoms. The van der Waals surface area contributed by atoms with Crippen LogP contribution in [0, 0.1) is 35.5 Å². The number of ketones is 4. The van der Waals surface area contributed by atoms with Crippen LogP contribution in [0.3, 0.4) is 0 Å². The first-order valence-corrected chi connectivity index (χ1v) is 9.30. The van der Waals surface area contributed by atoms with Crippen molar-refractivity contribution in [1.29, 1.82) is 0 Å². The summed E-state index contributed by atoms with van der Waals surface area (Å²) in [6, 6.07) is 0. The molecule has 0 fully saturated rings. The molecule has 0 aromatic rings. The van der Waals surface area contributed by atoms with E-state index in [-0.39, 0.29) is 40.2 Å². The van der Waals surface area contributed by atoms with Crippen LogP contribution < -0.4 is 0 Å². The molecule has 0 saturated carbocycles. The van der Waals surface area contributed by atoms with Crippen LogP contribution in [-0.2, 0) is 36.2 Å². The van der Waals surface area contributed by atoms with Crippen LogP contribution in [0.5, 0.6) is 0 Å². The maximum absolute atomic E-state index is 11.4. The molecule has 0 aromatic heterocycles. The molecule has 4 nitrogen and oxygen atoms in total. The summed E-state index contributed by atoms with van der Waals surface area (Å²) < 4.78 is 0. The Morgan fingerprint density at radius 3 is 1.00 bits per heavy atom. The van der Waals surface area contributed by atoms with Gasteiger partial charge < -0.3 is 19.2 Å². The third-order valence-electron chi connectivity index (χ3n) is 3.28. The molecular formula is C22H38CuO4. The van der Waals surface area contributed by atoms with Gasteiger partial charge in [-0.3, -0.25) is 12.8 Å². The summed E-state index contributed by atoms with van der Waals surface area (Å²) in [4.78, 5) is 45.2. The van der Waals surface area contributed by atoms with E-state index >= 15 is 0 Å². The molecule has 0 saturated heterocycles. The van der Waals surface area contributed by atoms with Crippen molar-refractivity contribution in [3.05, 3.63) is 12.8 Å². The van der Waals surface area contributed by atoms with Gasteiger partial charge in [-0.2, -0.15) is 0 Å². The summed E-state index contributed by atoms with van der Waals surface area (Å²) in [6.07, 6.45) is 3.39. The van der Waals surface area contributed by atoms with Gasteiger partial charge in [0.15, 0.2) is 0 Å². The van der Waals surface area contributed by atoms with Gasteiger partial charge in [0.2, 0.25) is 0 Å². The molecule has 5 heteroatoms. The van der Waals surface area contributed by atoms with Crippen LogP contribution in [0.25, 0.3) is 0 Å². The van der Waals surface area contributed by atoms with Crippen LogP contribution in [0.4, 0.5) is 0 Å². The normalized spacial score (nSPS) is 11.1. The van der Waals surface area contributed by atoms with Crippen molar-refractivity contribution in [3.8, 4) is 0 Å². The molecule has 0 aromatic carbocycles. The minimum atomic E-state index is -0.438. The second kappa shape index (κ2) is 13.2. The smallest absolute Gasteiger partial charge is 0.334 e. The minimum absolute atomic E-state index is 0. The predicted molar refractivity (Wildman–Crippen MR) is 106 cm³/mol. The molecule has 0 heterocycles. The van der Waals surface area contributed by atoms with E-state index in [1.807, 2.05) is 69.2 Å². The van der Waals surface area contributed by atoms with Gasteiger partial charge >= 0.3 is 17.1 Å². The third kappa shape index (κ3) is 18.1. The van der Waals surface area contributed by atoms with Crippen LogP contribution in [0.15, 0.2) is 0 Å². The molecule has 0 aliphatic heterocycles. The first-order chi connectivity index (χ1) is 11.5. The largest absolute Gasteiger partial charge is 2.00 e. The molecule has 0 atom stereocenters. The van der Waals surface area contributed by atoms with E-state index in [4.69, 9.17) is 0 Å². The van der Waals surface area contributed by atoms with E-state index in [2.05, 4.69) is 0 Å². The Balaban J connectivity index is -0.000000411. The van der Waals surface area contributed by atoms with Crippen molar-refractivity contribution in [2.45, 2.75) is 82.1 Å². The van der Waals surface area contributed by atoms with Crippen molar-refractivity contribution >= 4 is 23.1 Å². The number of carbonyl (C=O) groups excluding carboxylic acids is 4. The zero-order valence-electron chi connectivity index (χ0n) is 18.7. The fourth-order valence-corrected chi connectivity index (χ4v) is 1.65. The van der Waals surface area contributed by atoms with Crippen molar-refractivity contribution in [2.75, 3.05) is 0 Å². The average molecular weight is 430 g/mol. The first-order valence-electron chi connectivity index (χ1n) is 9.30. The Kier molecular flexibility index (Phi) is 15.0. The molecule has 0 N–H and O–H groups in total. The van der Waals surface area contributed by atoms with Gasteiger partial charge in [-0.25, -0.2) is 0 Å². The minimum Gasteiger partial charge on any atom is -0.334 e. The van der Waals surface area contributed by atoms with Gasteiger partial charge in [0.05, 0.1) is 0 Å². The molecule has 0 aliphatic rings. The summed E-state index contributed by atoms with van der Waals surface area (Å²) in [5.74, 6) is 0.342. The van der Waals surface area contributed by atoms with Gasteiger partial charge in [-0.15, -0.1) is 0 Å². The van der Waals surface area contributed by atoms with Crippen molar-refractivity contribution in [2.24, 2.45) is 22.7 Å². The number of hydrogen-bond donors (Lipinski definition) is 0. The van der Waals surface area contributed by atoms with Gasteiger partial charge in [-0.1, -0.05) is 69.2 Å². The van der Waals surface area contributed by atoms with Crippen molar-refractivity contribution in [1.82, 2.24) is 0 Å². The third-order valence-corrected chi connectivity index (χ3v) is 3.28. The molecule has 1 radical (unpaired) electrons. The Bertz CT molecular complexity index is 445. The summed E-state index contributed by atoms with van der Waals surface area (Å²) in [6.45, 7) is 18.7. The van der Waals surface area contributed by atoms with Gasteiger partial charge in [0.1, 0.15) is 0 Å². The van der Waals surface area contributed by atoms with Crippen LogP contribution in [0.1, 0.15) is 82.1 Å². The van der Waals surface area contributed by atoms with E-state index in [0.29, 0.717) is 24.7 Å². The number of Topliss-reactive ketones (excluding diaryl/α,β-unsaturated/α-hetero) is 4. The van der Waals surface area contributed by atoms with Crippen molar-refractivity contribution in [3.63, 3.8) is 0 Å². The molecule has 0 spiro atoms. The quantitative estimate of drug-likeness (QED) is 0.314. The number of rotatable bonds is 8.